The van der Waals surface area contributed by atoms with E-state index in [9.17, 15) is 4.79 Å². The van der Waals surface area contributed by atoms with Gasteiger partial charge in [-0.1, -0.05) is 17.7 Å². The molecular weight excluding hydrogens is 272 g/mol. The van der Waals surface area contributed by atoms with Crippen molar-refractivity contribution in [1.82, 2.24) is 4.57 Å². The van der Waals surface area contributed by atoms with E-state index in [1.807, 2.05) is 6.07 Å². The number of carbonyl (C=O) groups is 1. The molecule has 4 heteroatoms. The highest BCUT2D eigenvalue weighted by molar-refractivity contribution is 6.31. The van der Waals surface area contributed by atoms with Gasteiger partial charge in [0.05, 0.1) is 17.1 Å². The van der Waals surface area contributed by atoms with Gasteiger partial charge in [-0.05, 0) is 42.5 Å². The minimum absolute atomic E-state index is 0.146. The summed E-state index contributed by atoms with van der Waals surface area (Å²) in [5.74, 6) is -0.146. The van der Waals surface area contributed by atoms with Crippen molar-refractivity contribution in [3.63, 3.8) is 0 Å². The topological polar surface area (TPSA) is 45.8 Å². The van der Waals surface area contributed by atoms with Gasteiger partial charge in [0.2, 0.25) is 0 Å². The summed E-state index contributed by atoms with van der Waals surface area (Å²) in [4.78, 5) is 12.5. The van der Waals surface area contributed by atoms with Gasteiger partial charge in [0.25, 0.3) is 5.91 Å². The maximum absolute atomic E-state index is 12.5. The fraction of sp³-hybridized carbons (Fsp3) is 0. The molecule has 2 aromatic carbocycles. The Morgan fingerprint density at radius 3 is 2.75 bits per heavy atom. The molecular formula is C16H9ClN2O. The monoisotopic (exact) mass is 280 g/mol. The minimum Gasteiger partial charge on any atom is -0.283 e. The second kappa shape index (κ2) is 4.84. The van der Waals surface area contributed by atoms with Crippen molar-refractivity contribution in [2.24, 2.45) is 0 Å². The van der Waals surface area contributed by atoms with E-state index in [0.29, 0.717) is 16.1 Å². The van der Waals surface area contributed by atoms with Crippen LogP contribution in [0.3, 0.4) is 0 Å². The van der Waals surface area contributed by atoms with Gasteiger partial charge in [-0.15, -0.1) is 0 Å². The zero-order chi connectivity index (χ0) is 14.1. The van der Waals surface area contributed by atoms with Crippen LogP contribution in [0, 0.1) is 11.3 Å². The summed E-state index contributed by atoms with van der Waals surface area (Å²) in [5.41, 5.74) is 1.87. The van der Waals surface area contributed by atoms with Gasteiger partial charge in [0.15, 0.2) is 0 Å². The van der Waals surface area contributed by atoms with E-state index in [-0.39, 0.29) is 5.91 Å². The second-order valence-corrected chi connectivity index (χ2v) is 4.82. The molecule has 3 nitrogen and oxygen atoms in total. The zero-order valence-corrected chi connectivity index (χ0v) is 11.1. The van der Waals surface area contributed by atoms with Crippen molar-refractivity contribution in [3.05, 3.63) is 70.9 Å². The van der Waals surface area contributed by atoms with Crippen LogP contribution in [0.5, 0.6) is 0 Å². The lowest BCUT2D eigenvalue weighted by atomic mass is 10.1. The summed E-state index contributed by atoms with van der Waals surface area (Å²) in [6.45, 7) is 0. The first-order valence-corrected chi connectivity index (χ1v) is 6.38. The summed E-state index contributed by atoms with van der Waals surface area (Å²) in [5, 5.41) is 10.3. The van der Waals surface area contributed by atoms with Crippen LogP contribution in [0.1, 0.15) is 15.9 Å². The molecule has 0 saturated heterocycles. The first-order chi connectivity index (χ1) is 9.69. The molecule has 0 aliphatic rings. The van der Waals surface area contributed by atoms with Crippen LogP contribution in [0.2, 0.25) is 5.02 Å². The molecule has 0 atom stereocenters. The first-order valence-electron chi connectivity index (χ1n) is 6.00. The smallest absolute Gasteiger partial charge is 0.262 e. The maximum Gasteiger partial charge on any atom is 0.262 e. The molecule has 0 N–H and O–H groups in total. The quantitative estimate of drug-likeness (QED) is 0.679. The third kappa shape index (κ3) is 2.07. The van der Waals surface area contributed by atoms with Gasteiger partial charge in [0.1, 0.15) is 0 Å². The van der Waals surface area contributed by atoms with E-state index >= 15 is 0 Å². The molecule has 20 heavy (non-hydrogen) atoms. The van der Waals surface area contributed by atoms with E-state index in [1.165, 1.54) is 0 Å². The van der Waals surface area contributed by atoms with Crippen molar-refractivity contribution in [2.75, 3.05) is 0 Å². The Bertz CT molecular complexity index is 858. The standard InChI is InChI=1S/C16H9ClN2O/c17-14-3-1-2-13(9-14)16(20)19-7-6-12-8-11(10-18)4-5-15(12)19/h1-9H. The number of nitriles is 1. The number of hydrogen-bond donors (Lipinski definition) is 0. The Balaban J connectivity index is 2.11. The molecule has 1 aromatic heterocycles. The van der Waals surface area contributed by atoms with Gasteiger partial charge in [-0.25, -0.2) is 0 Å². The number of nitrogens with zero attached hydrogens (tertiary/aromatic N) is 2. The minimum atomic E-state index is -0.146. The molecule has 0 aliphatic carbocycles. The highest BCUT2D eigenvalue weighted by atomic mass is 35.5. The number of fused-ring (bicyclic) bond motifs is 1. The third-order valence-electron chi connectivity index (χ3n) is 3.11. The molecule has 3 aromatic rings. The Morgan fingerprint density at radius 1 is 1.15 bits per heavy atom. The molecule has 96 valence electrons. The lowest BCUT2D eigenvalue weighted by Gasteiger charge is -2.04. The predicted molar refractivity (Wildman–Crippen MR) is 77.8 cm³/mol. The number of aromatic nitrogens is 1. The molecule has 0 fully saturated rings. The molecule has 0 aliphatic heterocycles. The number of carbonyl (C=O) groups excluding carboxylic acids is 1. The largest absolute Gasteiger partial charge is 0.283 e. The van der Waals surface area contributed by atoms with Crippen LogP contribution in [0.15, 0.2) is 54.7 Å². The number of halogens is 1. The predicted octanol–water partition coefficient (Wildman–Crippen LogP) is 3.85. The van der Waals surface area contributed by atoms with Crippen molar-refractivity contribution in [2.45, 2.75) is 0 Å². The van der Waals surface area contributed by atoms with Crippen molar-refractivity contribution in [3.8, 4) is 6.07 Å². The SMILES string of the molecule is N#Cc1ccc2c(ccn2C(=O)c2cccc(Cl)c2)c1. The molecule has 0 saturated carbocycles. The van der Waals surface area contributed by atoms with Gasteiger partial charge in [0, 0.05) is 22.2 Å². The van der Waals surface area contributed by atoms with E-state index in [2.05, 4.69) is 6.07 Å². The van der Waals surface area contributed by atoms with Gasteiger partial charge in [-0.2, -0.15) is 5.26 Å². The fourth-order valence-corrected chi connectivity index (χ4v) is 2.34. The average Bonchev–Trinajstić information content (AvgIpc) is 2.89. The Kier molecular flexibility index (Phi) is 3.02. The molecule has 3 rings (SSSR count). The van der Waals surface area contributed by atoms with Crippen LogP contribution in [-0.2, 0) is 0 Å². The highest BCUT2D eigenvalue weighted by Crippen LogP contribution is 2.20. The van der Waals surface area contributed by atoms with E-state index < -0.39 is 0 Å². The van der Waals surface area contributed by atoms with Crippen LogP contribution in [0.4, 0.5) is 0 Å². The van der Waals surface area contributed by atoms with Crippen molar-refractivity contribution in [1.29, 1.82) is 5.26 Å². The molecule has 0 bridgehead atoms. The van der Waals surface area contributed by atoms with Crippen LogP contribution >= 0.6 is 11.6 Å². The normalized spacial score (nSPS) is 10.4. The number of hydrogen-bond acceptors (Lipinski definition) is 2. The van der Waals surface area contributed by atoms with Crippen LogP contribution in [-0.4, -0.2) is 10.5 Å². The number of benzene rings is 2. The summed E-state index contributed by atoms with van der Waals surface area (Å²) in [6.07, 6.45) is 1.70. The Hall–Kier alpha value is -2.57. The lowest BCUT2D eigenvalue weighted by molar-refractivity contribution is 0.0965. The second-order valence-electron chi connectivity index (χ2n) is 4.39. The van der Waals surface area contributed by atoms with Gasteiger partial charge in [-0.3, -0.25) is 9.36 Å². The van der Waals surface area contributed by atoms with Crippen LogP contribution < -0.4 is 0 Å². The summed E-state index contributed by atoms with van der Waals surface area (Å²) in [6, 6.07) is 16.0. The number of rotatable bonds is 1. The highest BCUT2D eigenvalue weighted by Gasteiger charge is 2.11. The molecule has 0 amide bonds. The third-order valence-corrected chi connectivity index (χ3v) is 3.34. The van der Waals surface area contributed by atoms with E-state index in [1.54, 1.807) is 53.2 Å². The summed E-state index contributed by atoms with van der Waals surface area (Å²) in [7, 11) is 0. The molecule has 0 unspecified atom stereocenters. The molecule has 0 radical (unpaired) electrons. The van der Waals surface area contributed by atoms with Gasteiger partial charge >= 0.3 is 0 Å². The van der Waals surface area contributed by atoms with E-state index in [0.717, 1.165) is 10.9 Å². The maximum atomic E-state index is 12.5. The molecule has 0 spiro atoms. The summed E-state index contributed by atoms with van der Waals surface area (Å²) >= 11 is 5.91. The molecule has 1 heterocycles. The van der Waals surface area contributed by atoms with Crippen molar-refractivity contribution < 1.29 is 4.79 Å². The lowest BCUT2D eigenvalue weighted by Crippen LogP contribution is -2.10. The summed E-state index contributed by atoms with van der Waals surface area (Å²) < 4.78 is 1.56. The first kappa shape index (κ1) is 12.5. The Morgan fingerprint density at radius 2 is 2.00 bits per heavy atom. The fourth-order valence-electron chi connectivity index (χ4n) is 2.15. The van der Waals surface area contributed by atoms with E-state index in [4.69, 9.17) is 16.9 Å². The average molecular weight is 281 g/mol. The van der Waals surface area contributed by atoms with Gasteiger partial charge < -0.3 is 0 Å². The Labute approximate surface area is 120 Å². The zero-order valence-electron chi connectivity index (χ0n) is 10.4. The van der Waals surface area contributed by atoms with Crippen LogP contribution in [0.25, 0.3) is 10.9 Å². The van der Waals surface area contributed by atoms with Crippen molar-refractivity contribution >= 4 is 28.4 Å².